The number of aliphatic hydroxyl groups is 1. The maximum Gasteiger partial charge on any atom is 0.211 e. The van der Waals surface area contributed by atoms with Gasteiger partial charge in [0.05, 0.1) is 11.9 Å². The summed E-state index contributed by atoms with van der Waals surface area (Å²) in [5.74, 6) is 0.256. The highest BCUT2D eigenvalue weighted by Gasteiger charge is 2.31. The van der Waals surface area contributed by atoms with Crippen LogP contribution in [0.5, 0.6) is 0 Å². The van der Waals surface area contributed by atoms with Gasteiger partial charge in [-0.3, -0.25) is 0 Å². The molecule has 0 aliphatic heterocycles. The quantitative estimate of drug-likeness (QED) is 0.718. The van der Waals surface area contributed by atoms with Crippen LogP contribution in [0.4, 0.5) is 0 Å². The van der Waals surface area contributed by atoms with Crippen molar-refractivity contribution >= 4 is 10.0 Å². The Hall–Kier alpha value is -0.130. The first kappa shape index (κ1) is 15.9. The zero-order valence-corrected chi connectivity index (χ0v) is 11.8. The van der Waals surface area contributed by atoms with E-state index in [1.54, 1.807) is 0 Å². The van der Waals surface area contributed by atoms with Crippen molar-refractivity contribution in [3.8, 4) is 0 Å². The molecule has 0 amide bonds. The Labute approximate surface area is 99.5 Å². The second-order valence-corrected chi connectivity index (χ2v) is 7.24. The topological polar surface area (TPSA) is 66.4 Å². The lowest BCUT2D eigenvalue weighted by molar-refractivity contribution is 0.0166. The van der Waals surface area contributed by atoms with Crippen LogP contribution in [0.15, 0.2) is 0 Å². The summed E-state index contributed by atoms with van der Waals surface area (Å²) in [7, 11) is -3.19. The lowest BCUT2D eigenvalue weighted by Crippen LogP contribution is -2.44. The van der Waals surface area contributed by atoms with Gasteiger partial charge in [-0.15, -0.1) is 0 Å². The summed E-state index contributed by atoms with van der Waals surface area (Å²) in [6.07, 6.45) is 0.0829. The van der Waals surface area contributed by atoms with E-state index in [1.807, 2.05) is 34.6 Å². The molecular weight excluding hydrogens is 226 g/mol. The molecule has 0 radical (unpaired) electrons. The standard InChI is InChI=1S/C11H25NO3S/c1-6-7-16(14,15)12-8-11(4,5)10(13)9(2)3/h9-10,12-13H,6-8H2,1-5H3. The van der Waals surface area contributed by atoms with E-state index < -0.39 is 21.5 Å². The maximum absolute atomic E-state index is 11.5. The first-order valence-electron chi connectivity index (χ1n) is 5.78. The summed E-state index contributed by atoms with van der Waals surface area (Å²) in [4.78, 5) is 0. The predicted molar refractivity (Wildman–Crippen MR) is 66.7 cm³/mol. The average Bonchev–Trinajstić information content (AvgIpc) is 2.14. The molecule has 0 aliphatic carbocycles. The second kappa shape index (κ2) is 5.98. The molecule has 0 aromatic heterocycles. The van der Waals surface area contributed by atoms with Gasteiger partial charge in [0.15, 0.2) is 0 Å². The summed E-state index contributed by atoms with van der Waals surface area (Å²) < 4.78 is 25.5. The molecule has 16 heavy (non-hydrogen) atoms. The molecule has 0 aliphatic rings. The minimum Gasteiger partial charge on any atom is -0.392 e. The van der Waals surface area contributed by atoms with Crippen molar-refractivity contribution < 1.29 is 13.5 Å². The molecule has 0 heterocycles. The first-order valence-corrected chi connectivity index (χ1v) is 7.43. The zero-order valence-electron chi connectivity index (χ0n) is 10.9. The Morgan fingerprint density at radius 3 is 2.19 bits per heavy atom. The molecule has 0 aromatic carbocycles. The number of rotatable bonds is 7. The van der Waals surface area contributed by atoms with E-state index in [0.29, 0.717) is 6.42 Å². The molecule has 1 unspecified atom stereocenters. The third kappa shape index (κ3) is 5.27. The molecule has 4 nitrogen and oxygen atoms in total. The fourth-order valence-electron chi connectivity index (χ4n) is 1.64. The van der Waals surface area contributed by atoms with Crippen LogP contribution >= 0.6 is 0 Å². The third-order valence-electron chi connectivity index (χ3n) is 2.65. The third-order valence-corrected chi connectivity index (χ3v) is 4.18. The molecule has 0 bridgehead atoms. The van der Waals surface area contributed by atoms with Crippen LogP contribution in [-0.2, 0) is 10.0 Å². The first-order chi connectivity index (χ1) is 7.12. The van der Waals surface area contributed by atoms with E-state index in [2.05, 4.69) is 4.72 Å². The van der Waals surface area contributed by atoms with Gasteiger partial charge in [0.2, 0.25) is 10.0 Å². The lowest BCUT2D eigenvalue weighted by Gasteiger charge is -2.33. The normalized spacial score (nSPS) is 15.4. The Kier molecular flexibility index (Phi) is 5.93. The molecule has 5 heteroatoms. The summed E-state index contributed by atoms with van der Waals surface area (Å²) >= 11 is 0. The van der Waals surface area contributed by atoms with Gasteiger partial charge in [-0.2, -0.15) is 0 Å². The summed E-state index contributed by atoms with van der Waals surface area (Å²) in [6.45, 7) is 9.68. The van der Waals surface area contributed by atoms with Crippen molar-refractivity contribution in [1.82, 2.24) is 4.72 Å². The molecule has 98 valence electrons. The number of sulfonamides is 1. The number of hydrogen-bond acceptors (Lipinski definition) is 3. The van der Waals surface area contributed by atoms with Gasteiger partial charge in [-0.05, 0) is 12.3 Å². The highest BCUT2D eigenvalue weighted by Crippen LogP contribution is 2.25. The predicted octanol–water partition coefficient (Wildman–Crippen LogP) is 1.36. The van der Waals surface area contributed by atoms with Crippen molar-refractivity contribution in [1.29, 1.82) is 0 Å². The zero-order chi connectivity index (χ0) is 13.0. The van der Waals surface area contributed by atoms with E-state index in [-0.39, 0.29) is 18.2 Å². The Morgan fingerprint density at radius 1 is 1.31 bits per heavy atom. The van der Waals surface area contributed by atoms with Crippen LogP contribution in [0.1, 0.15) is 41.0 Å². The fourth-order valence-corrected chi connectivity index (χ4v) is 2.92. The average molecular weight is 251 g/mol. The summed E-state index contributed by atoms with van der Waals surface area (Å²) in [5, 5.41) is 9.95. The van der Waals surface area contributed by atoms with Gasteiger partial charge < -0.3 is 5.11 Å². The van der Waals surface area contributed by atoms with Gasteiger partial charge in [-0.25, -0.2) is 13.1 Å². The van der Waals surface area contributed by atoms with Crippen LogP contribution in [0.25, 0.3) is 0 Å². The van der Waals surface area contributed by atoms with Crippen LogP contribution in [-0.4, -0.2) is 31.9 Å². The largest absolute Gasteiger partial charge is 0.392 e. The second-order valence-electron chi connectivity index (χ2n) is 5.32. The number of aliphatic hydroxyl groups excluding tert-OH is 1. The highest BCUT2D eigenvalue weighted by molar-refractivity contribution is 7.89. The van der Waals surface area contributed by atoms with Gasteiger partial charge in [0, 0.05) is 12.0 Å². The van der Waals surface area contributed by atoms with E-state index >= 15 is 0 Å². The smallest absolute Gasteiger partial charge is 0.211 e. The molecule has 0 saturated heterocycles. The van der Waals surface area contributed by atoms with Crippen molar-refractivity contribution in [3.05, 3.63) is 0 Å². The highest BCUT2D eigenvalue weighted by atomic mass is 32.2. The minimum absolute atomic E-state index is 0.116. The number of hydrogen-bond donors (Lipinski definition) is 2. The van der Waals surface area contributed by atoms with Crippen molar-refractivity contribution in [3.63, 3.8) is 0 Å². The van der Waals surface area contributed by atoms with E-state index in [4.69, 9.17) is 0 Å². The lowest BCUT2D eigenvalue weighted by atomic mass is 9.81. The molecule has 0 fully saturated rings. The van der Waals surface area contributed by atoms with Crippen molar-refractivity contribution in [2.75, 3.05) is 12.3 Å². The fraction of sp³-hybridized carbons (Fsp3) is 1.00. The molecule has 0 rings (SSSR count). The van der Waals surface area contributed by atoms with Gasteiger partial charge in [-0.1, -0.05) is 34.6 Å². The minimum atomic E-state index is -3.19. The molecule has 1 atom stereocenters. The molecule has 2 N–H and O–H groups in total. The SMILES string of the molecule is CCCS(=O)(=O)NCC(C)(C)C(O)C(C)C. The van der Waals surface area contributed by atoms with Crippen molar-refractivity contribution in [2.24, 2.45) is 11.3 Å². The van der Waals surface area contributed by atoms with Gasteiger partial charge in [0.25, 0.3) is 0 Å². The molecule has 0 aromatic rings. The molecule has 0 saturated carbocycles. The van der Waals surface area contributed by atoms with Crippen molar-refractivity contribution in [2.45, 2.75) is 47.1 Å². The van der Waals surface area contributed by atoms with E-state index in [0.717, 1.165) is 0 Å². The van der Waals surface area contributed by atoms with Crippen LogP contribution in [0.2, 0.25) is 0 Å². The Balaban J connectivity index is 4.39. The summed E-state index contributed by atoms with van der Waals surface area (Å²) in [6, 6.07) is 0. The molecule has 0 spiro atoms. The Bertz CT molecular complexity index is 296. The molecular formula is C11H25NO3S. The van der Waals surface area contributed by atoms with Gasteiger partial charge in [0.1, 0.15) is 0 Å². The van der Waals surface area contributed by atoms with Gasteiger partial charge >= 0.3 is 0 Å². The maximum atomic E-state index is 11.5. The number of nitrogens with one attached hydrogen (secondary N) is 1. The van der Waals surface area contributed by atoms with E-state index in [1.165, 1.54) is 0 Å². The van der Waals surface area contributed by atoms with Crippen LogP contribution in [0.3, 0.4) is 0 Å². The monoisotopic (exact) mass is 251 g/mol. The van der Waals surface area contributed by atoms with E-state index in [9.17, 15) is 13.5 Å². The van der Waals surface area contributed by atoms with Crippen LogP contribution in [0, 0.1) is 11.3 Å². The summed E-state index contributed by atoms with van der Waals surface area (Å²) in [5.41, 5.74) is -0.449. The van der Waals surface area contributed by atoms with Crippen LogP contribution < -0.4 is 4.72 Å². The Morgan fingerprint density at radius 2 is 1.81 bits per heavy atom.